The van der Waals surface area contributed by atoms with Gasteiger partial charge in [-0.2, -0.15) is 0 Å². The fraction of sp³-hybridized carbons (Fsp3) is 0.148. The summed E-state index contributed by atoms with van der Waals surface area (Å²) in [6.45, 7) is 0. The van der Waals surface area contributed by atoms with Crippen LogP contribution in [0.1, 0.15) is 17.5 Å². The summed E-state index contributed by atoms with van der Waals surface area (Å²) in [4.78, 5) is 11.4. The molecule has 3 heteroatoms. The van der Waals surface area contributed by atoms with E-state index < -0.39 is 5.97 Å². The normalized spacial score (nSPS) is 15.5. The second-order valence-electron chi connectivity index (χ2n) is 7.90. The first-order valence-corrected chi connectivity index (χ1v) is 10.3. The number of aliphatic carboxylic acids is 1. The van der Waals surface area contributed by atoms with Crippen molar-refractivity contribution in [3.63, 3.8) is 0 Å². The minimum absolute atomic E-state index is 0.302. The summed E-state index contributed by atoms with van der Waals surface area (Å²) in [6, 6.07) is 28.9. The van der Waals surface area contributed by atoms with Gasteiger partial charge in [-0.15, -0.1) is 0 Å². The lowest BCUT2D eigenvalue weighted by atomic mass is 9.84. The SMILES string of the molecule is O=C(O)C1CCc2ccc(Oc3cccc(-c4ccc5ccccc5c4)c3)cc2C1. The van der Waals surface area contributed by atoms with Gasteiger partial charge in [0.2, 0.25) is 0 Å². The third-order valence-corrected chi connectivity index (χ3v) is 5.91. The summed E-state index contributed by atoms with van der Waals surface area (Å²) in [6.07, 6.45) is 2.08. The highest BCUT2D eigenvalue weighted by Crippen LogP contribution is 2.33. The molecule has 0 radical (unpaired) electrons. The van der Waals surface area contributed by atoms with Crippen molar-refractivity contribution in [3.8, 4) is 22.6 Å². The number of fused-ring (bicyclic) bond motifs is 2. The lowest BCUT2D eigenvalue weighted by Gasteiger charge is -2.22. The number of hydrogen-bond acceptors (Lipinski definition) is 2. The van der Waals surface area contributed by atoms with Crippen LogP contribution in [-0.4, -0.2) is 11.1 Å². The first kappa shape index (κ1) is 18.4. The molecular weight excluding hydrogens is 372 g/mol. The lowest BCUT2D eigenvalue weighted by Crippen LogP contribution is -2.22. The molecule has 0 amide bonds. The largest absolute Gasteiger partial charge is 0.481 e. The van der Waals surface area contributed by atoms with Gasteiger partial charge < -0.3 is 9.84 Å². The number of carboxylic acids is 1. The second kappa shape index (κ2) is 7.68. The van der Waals surface area contributed by atoms with E-state index in [2.05, 4.69) is 48.5 Å². The maximum Gasteiger partial charge on any atom is 0.306 e. The van der Waals surface area contributed by atoms with Gasteiger partial charge in [-0.25, -0.2) is 0 Å². The van der Waals surface area contributed by atoms with Crippen molar-refractivity contribution in [2.24, 2.45) is 5.92 Å². The number of ether oxygens (including phenoxy) is 1. The van der Waals surface area contributed by atoms with Gasteiger partial charge in [0, 0.05) is 0 Å². The Hall–Kier alpha value is -3.59. The Morgan fingerprint density at radius 1 is 0.767 bits per heavy atom. The molecule has 0 saturated heterocycles. The fourth-order valence-electron chi connectivity index (χ4n) is 4.25. The molecule has 1 atom stereocenters. The minimum Gasteiger partial charge on any atom is -0.481 e. The molecule has 5 rings (SSSR count). The molecule has 3 nitrogen and oxygen atoms in total. The first-order chi connectivity index (χ1) is 14.7. The van der Waals surface area contributed by atoms with E-state index in [-0.39, 0.29) is 5.92 Å². The summed E-state index contributed by atoms with van der Waals surface area (Å²) in [5.41, 5.74) is 4.55. The summed E-state index contributed by atoms with van der Waals surface area (Å²) < 4.78 is 6.14. The highest BCUT2D eigenvalue weighted by Gasteiger charge is 2.24. The van der Waals surface area contributed by atoms with Gasteiger partial charge in [0.15, 0.2) is 0 Å². The zero-order valence-corrected chi connectivity index (χ0v) is 16.5. The van der Waals surface area contributed by atoms with Crippen LogP contribution in [0, 0.1) is 5.92 Å². The van der Waals surface area contributed by atoms with E-state index in [9.17, 15) is 9.90 Å². The van der Waals surface area contributed by atoms with Gasteiger partial charge in [-0.3, -0.25) is 4.79 Å². The highest BCUT2D eigenvalue weighted by atomic mass is 16.5. The van der Waals surface area contributed by atoms with Crippen molar-refractivity contribution in [3.05, 3.63) is 96.1 Å². The van der Waals surface area contributed by atoms with Crippen LogP contribution in [0.5, 0.6) is 11.5 Å². The maximum absolute atomic E-state index is 11.4. The Morgan fingerprint density at radius 2 is 1.57 bits per heavy atom. The number of rotatable bonds is 4. The molecule has 1 unspecified atom stereocenters. The van der Waals surface area contributed by atoms with E-state index >= 15 is 0 Å². The smallest absolute Gasteiger partial charge is 0.306 e. The van der Waals surface area contributed by atoms with Gasteiger partial charge in [-0.05, 0) is 82.6 Å². The van der Waals surface area contributed by atoms with Gasteiger partial charge in [0.05, 0.1) is 5.92 Å². The van der Waals surface area contributed by atoms with E-state index in [1.807, 2.05) is 36.4 Å². The van der Waals surface area contributed by atoms with E-state index in [1.54, 1.807) is 0 Å². The van der Waals surface area contributed by atoms with Gasteiger partial charge in [0.25, 0.3) is 0 Å². The number of aryl methyl sites for hydroxylation is 1. The van der Waals surface area contributed by atoms with Crippen LogP contribution < -0.4 is 4.74 Å². The second-order valence-corrected chi connectivity index (χ2v) is 7.90. The number of carbonyl (C=O) groups is 1. The van der Waals surface area contributed by atoms with E-state index in [4.69, 9.17) is 4.74 Å². The molecule has 0 fully saturated rings. The predicted molar refractivity (Wildman–Crippen MR) is 119 cm³/mol. The standard InChI is InChI=1S/C27H22O3/c28-27(29)23-11-9-19-12-13-26(17-24(19)15-23)30-25-7-3-6-21(16-25)22-10-8-18-4-1-2-5-20(18)14-22/h1-8,10,12-14,16-17,23H,9,11,15H2,(H,28,29). The molecule has 4 aromatic rings. The van der Waals surface area contributed by atoms with Crippen molar-refractivity contribution in [1.82, 2.24) is 0 Å². The minimum atomic E-state index is -0.713. The maximum atomic E-state index is 11.4. The molecule has 148 valence electrons. The van der Waals surface area contributed by atoms with Crippen molar-refractivity contribution >= 4 is 16.7 Å². The van der Waals surface area contributed by atoms with Crippen LogP contribution in [0.4, 0.5) is 0 Å². The van der Waals surface area contributed by atoms with Crippen LogP contribution in [0.25, 0.3) is 21.9 Å². The number of carboxylic acid groups (broad SMARTS) is 1. The summed E-state index contributed by atoms with van der Waals surface area (Å²) in [5.74, 6) is 0.501. The van der Waals surface area contributed by atoms with Crippen molar-refractivity contribution < 1.29 is 14.6 Å². The topological polar surface area (TPSA) is 46.5 Å². The van der Waals surface area contributed by atoms with Crippen molar-refractivity contribution in [2.45, 2.75) is 19.3 Å². The molecule has 1 N–H and O–H groups in total. The Bertz CT molecular complexity index is 1240. The highest BCUT2D eigenvalue weighted by molar-refractivity contribution is 5.87. The molecule has 0 aromatic heterocycles. The van der Waals surface area contributed by atoms with E-state index in [0.717, 1.165) is 34.6 Å². The number of benzene rings is 4. The molecule has 30 heavy (non-hydrogen) atoms. The molecule has 4 aromatic carbocycles. The zero-order chi connectivity index (χ0) is 20.5. The molecule has 0 bridgehead atoms. The quantitative estimate of drug-likeness (QED) is 0.430. The van der Waals surface area contributed by atoms with Gasteiger partial charge >= 0.3 is 5.97 Å². The third kappa shape index (κ3) is 3.67. The average Bonchev–Trinajstić information content (AvgIpc) is 2.78. The predicted octanol–water partition coefficient (Wildman–Crippen LogP) is 6.49. The lowest BCUT2D eigenvalue weighted by molar-refractivity contribution is -0.142. The molecule has 1 aliphatic rings. The molecule has 0 heterocycles. The van der Waals surface area contributed by atoms with Crippen LogP contribution in [0.2, 0.25) is 0 Å². The van der Waals surface area contributed by atoms with Gasteiger partial charge in [-0.1, -0.05) is 54.6 Å². The summed E-state index contributed by atoms with van der Waals surface area (Å²) in [5, 5.41) is 11.8. The summed E-state index contributed by atoms with van der Waals surface area (Å²) >= 11 is 0. The third-order valence-electron chi connectivity index (χ3n) is 5.91. The fourth-order valence-corrected chi connectivity index (χ4v) is 4.25. The molecule has 1 aliphatic carbocycles. The molecule has 0 aliphatic heterocycles. The molecule has 0 spiro atoms. The van der Waals surface area contributed by atoms with E-state index in [1.165, 1.54) is 16.3 Å². The van der Waals surface area contributed by atoms with Crippen molar-refractivity contribution in [2.75, 3.05) is 0 Å². The molecule has 0 saturated carbocycles. The number of hydrogen-bond donors (Lipinski definition) is 1. The van der Waals surface area contributed by atoms with Crippen molar-refractivity contribution in [1.29, 1.82) is 0 Å². The Morgan fingerprint density at radius 3 is 2.43 bits per heavy atom. The van der Waals surface area contributed by atoms with E-state index in [0.29, 0.717) is 12.8 Å². The molecular formula is C27H22O3. The zero-order valence-electron chi connectivity index (χ0n) is 16.5. The Balaban J connectivity index is 1.41. The monoisotopic (exact) mass is 394 g/mol. The van der Waals surface area contributed by atoms with Crippen LogP contribution in [0.15, 0.2) is 84.9 Å². The Kier molecular flexibility index (Phi) is 4.72. The van der Waals surface area contributed by atoms with Crippen LogP contribution in [-0.2, 0) is 17.6 Å². The van der Waals surface area contributed by atoms with Gasteiger partial charge in [0.1, 0.15) is 11.5 Å². The Labute approximate surface area is 175 Å². The van der Waals surface area contributed by atoms with Crippen LogP contribution >= 0.6 is 0 Å². The van der Waals surface area contributed by atoms with Crippen LogP contribution in [0.3, 0.4) is 0 Å². The first-order valence-electron chi connectivity index (χ1n) is 10.3. The average molecular weight is 394 g/mol. The summed E-state index contributed by atoms with van der Waals surface area (Å²) in [7, 11) is 0.